The van der Waals surface area contributed by atoms with E-state index in [-0.39, 0.29) is 13.2 Å². The Kier molecular flexibility index (Phi) is 7.54. The van der Waals surface area contributed by atoms with Gasteiger partial charge in [0.2, 0.25) is 0 Å². The molecule has 1 aromatic carbocycles. The summed E-state index contributed by atoms with van der Waals surface area (Å²) < 4.78 is 16.9. The van der Waals surface area contributed by atoms with Crippen molar-refractivity contribution >= 4 is 33.5 Å². The standard InChI is InChI=1S/C22H24N2O6S/c1-4-28-10-11-29-21(26)15(3)24-13-23-19-17(20(24)25)14(2)18(31-19)22(27)30-12-16-8-6-5-7-9-16/h5-9,13,15H,4,10-12H2,1-3H3. The third kappa shape index (κ3) is 5.18. The van der Waals surface area contributed by atoms with Crippen LogP contribution in [-0.4, -0.2) is 41.3 Å². The van der Waals surface area contributed by atoms with Gasteiger partial charge in [0.25, 0.3) is 5.56 Å². The number of hydrogen-bond donors (Lipinski definition) is 0. The predicted molar refractivity (Wildman–Crippen MR) is 116 cm³/mol. The molecule has 0 aliphatic carbocycles. The van der Waals surface area contributed by atoms with Gasteiger partial charge >= 0.3 is 11.9 Å². The van der Waals surface area contributed by atoms with Crippen molar-refractivity contribution in [2.24, 2.45) is 0 Å². The number of aromatic nitrogens is 2. The van der Waals surface area contributed by atoms with E-state index in [0.717, 1.165) is 16.9 Å². The number of fused-ring (bicyclic) bond motifs is 1. The van der Waals surface area contributed by atoms with Crippen LogP contribution in [0.5, 0.6) is 0 Å². The van der Waals surface area contributed by atoms with E-state index in [2.05, 4.69) is 4.98 Å². The summed E-state index contributed by atoms with van der Waals surface area (Å²) in [7, 11) is 0. The Morgan fingerprint density at radius 1 is 1.16 bits per heavy atom. The van der Waals surface area contributed by atoms with Crippen LogP contribution in [0.3, 0.4) is 0 Å². The first-order valence-electron chi connectivity index (χ1n) is 9.89. The molecule has 0 radical (unpaired) electrons. The molecule has 0 aliphatic heterocycles. The highest BCUT2D eigenvalue weighted by atomic mass is 32.1. The maximum atomic E-state index is 13.0. The van der Waals surface area contributed by atoms with Gasteiger partial charge in [-0.1, -0.05) is 30.3 Å². The van der Waals surface area contributed by atoms with Gasteiger partial charge in [-0.2, -0.15) is 0 Å². The number of rotatable bonds is 9. The van der Waals surface area contributed by atoms with Crippen molar-refractivity contribution < 1.29 is 23.8 Å². The number of nitrogens with zero attached hydrogens (tertiary/aromatic N) is 2. The smallest absolute Gasteiger partial charge is 0.349 e. The van der Waals surface area contributed by atoms with E-state index in [1.54, 1.807) is 13.8 Å². The molecule has 1 unspecified atom stereocenters. The Morgan fingerprint density at radius 2 is 1.90 bits per heavy atom. The predicted octanol–water partition coefficient (Wildman–Crippen LogP) is 3.26. The molecule has 0 fully saturated rings. The van der Waals surface area contributed by atoms with Crippen molar-refractivity contribution in [1.29, 1.82) is 0 Å². The van der Waals surface area contributed by atoms with Crippen molar-refractivity contribution in [1.82, 2.24) is 9.55 Å². The molecule has 9 heteroatoms. The van der Waals surface area contributed by atoms with Crippen molar-refractivity contribution in [3.63, 3.8) is 0 Å². The number of carbonyl (C=O) groups is 2. The molecular formula is C22H24N2O6S. The lowest BCUT2D eigenvalue weighted by molar-refractivity contribution is -0.148. The third-order valence-corrected chi connectivity index (χ3v) is 5.89. The number of esters is 2. The summed E-state index contributed by atoms with van der Waals surface area (Å²) >= 11 is 1.10. The second kappa shape index (κ2) is 10.3. The Hall–Kier alpha value is -3.04. The molecule has 0 saturated carbocycles. The first-order valence-corrected chi connectivity index (χ1v) is 10.7. The first-order chi connectivity index (χ1) is 14.9. The average Bonchev–Trinajstić information content (AvgIpc) is 3.12. The number of benzene rings is 1. The zero-order valence-electron chi connectivity index (χ0n) is 17.6. The van der Waals surface area contributed by atoms with E-state index in [1.165, 1.54) is 10.9 Å². The molecule has 8 nitrogen and oxygen atoms in total. The minimum Gasteiger partial charge on any atom is -0.462 e. The van der Waals surface area contributed by atoms with Crippen LogP contribution in [0.2, 0.25) is 0 Å². The van der Waals surface area contributed by atoms with Crippen molar-refractivity contribution in [3.05, 3.63) is 63.0 Å². The molecule has 2 heterocycles. The molecule has 0 spiro atoms. The van der Waals surface area contributed by atoms with Gasteiger partial charge in [0.1, 0.15) is 29.0 Å². The van der Waals surface area contributed by atoms with Gasteiger partial charge in [-0.25, -0.2) is 14.6 Å². The third-order valence-electron chi connectivity index (χ3n) is 4.71. The summed E-state index contributed by atoms with van der Waals surface area (Å²) in [4.78, 5) is 42.9. The fourth-order valence-electron chi connectivity index (χ4n) is 2.98. The summed E-state index contributed by atoms with van der Waals surface area (Å²) in [6.45, 7) is 6.15. The van der Waals surface area contributed by atoms with Crippen molar-refractivity contribution in [2.45, 2.75) is 33.4 Å². The molecule has 2 aromatic heterocycles. The fourth-order valence-corrected chi connectivity index (χ4v) is 4.01. The highest BCUT2D eigenvalue weighted by Crippen LogP contribution is 2.28. The Bertz CT molecular complexity index is 1120. The molecule has 0 bridgehead atoms. The second-order valence-corrected chi connectivity index (χ2v) is 7.79. The lowest BCUT2D eigenvalue weighted by Gasteiger charge is -2.14. The number of ether oxygens (including phenoxy) is 3. The molecule has 0 N–H and O–H groups in total. The zero-order valence-corrected chi connectivity index (χ0v) is 18.4. The van der Waals surface area contributed by atoms with Gasteiger partial charge in [0.05, 0.1) is 18.3 Å². The number of carbonyl (C=O) groups excluding carboxylic acids is 2. The van der Waals surface area contributed by atoms with Crippen LogP contribution in [-0.2, 0) is 25.6 Å². The minimum absolute atomic E-state index is 0.107. The summed E-state index contributed by atoms with van der Waals surface area (Å²) in [5.41, 5.74) is 0.948. The van der Waals surface area contributed by atoms with Crippen LogP contribution in [0, 0.1) is 6.92 Å². The largest absolute Gasteiger partial charge is 0.462 e. The number of hydrogen-bond acceptors (Lipinski definition) is 8. The van der Waals surface area contributed by atoms with Gasteiger partial charge in [0.15, 0.2) is 0 Å². The van der Waals surface area contributed by atoms with Crippen LogP contribution in [0.25, 0.3) is 10.2 Å². The van der Waals surface area contributed by atoms with Crippen LogP contribution >= 0.6 is 11.3 Å². The Balaban J connectivity index is 1.79. The number of thiophene rings is 1. The van der Waals surface area contributed by atoms with Gasteiger partial charge in [-0.3, -0.25) is 9.36 Å². The Morgan fingerprint density at radius 3 is 2.61 bits per heavy atom. The van der Waals surface area contributed by atoms with Gasteiger partial charge < -0.3 is 14.2 Å². The van der Waals surface area contributed by atoms with E-state index in [9.17, 15) is 14.4 Å². The molecule has 3 aromatic rings. The maximum Gasteiger partial charge on any atom is 0.349 e. The van der Waals surface area contributed by atoms with E-state index in [4.69, 9.17) is 14.2 Å². The average molecular weight is 445 g/mol. The minimum atomic E-state index is -0.862. The molecule has 0 saturated heterocycles. The highest BCUT2D eigenvalue weighted by molar-refractivity contribution is 7.20. The lowest BCUT2D eigenvalue weighted by atomic mass is 10.2. The SMILES string of the molecule is CCOCCOC(=O)C(C)n1cnc2sc(C(=O)OCc3ccccc3)c(C)c2c1=O. The van der Waals surface area contributed by atoms with E-state index < -0.39 is 23.5 Å². The summed E-state index contributed by atoms with van der Waals surface area (Å²) in [6, 6.07) is 8.47. The second-order valence-electron chi connectivity index (χ2n) is 6.80. The quantitative estimate of drug-likeness (QED) is 0.369. The molecule has 1 atom stereocenters. The van der Waals surface area contributed by atoms with Crippen LogP contribution in [0.15, 0.2) is 41.5 Å². The fraction of sp³-hybridized carbons (Fsp3) is 0.364. The topological polar surface area (TPSA) is 96.7 Å². The van der Waals surface area contributed by atoms with Gasteiger partial charge in [-0.15, -0.1) is 11.3 Å². The molecule has 164 valence electrons. The summed E-state index contributed by atoms with van der Waals surface area (Å²) in [5.74, 6) is -1.07. The van der Waals surface area contributed by atoms with Gasteiger partial charge in [-0.05, 0) is 31.9 Å². The summed E-state index contributed by atoms with van der Waals surface area (Å²) in [6.07, 6.45) is 1.30. The summed E-state index contributed by atoms with van der Waals surface area (Å²) in [5, 5.41) is 0.299. The van der Waals surface area contributed by atoms with E-state index in [0.29, 0.717) is 33.9 Å². The van der Waals surface area contributed by atoms with E-state index >= 15 is 0 Å². The first kappa shape index (κ1) is 22.6. The zero-order chi connectivity index (χ0) is 22.4. The number of aryl methyl sites for hydroxylation is 1. The van der Waals surface area contributed by atoms with Crippen LogP contribution in [0.4, 0.5) is 0 Å². The van der Waals surface area contributed by atoms with Crippen LogP contribution < -0.4 is 5.56 Å². The molecule has 3 rings (SSSR count). The highest BCUT2D eigenvalue weighted by Gasteiger charge is 2.24. The van der Waals surface area contributed by atoms with E-state index in [1.807, 2.05) is 37.3 Å². The normalized spacial score (nSPS) is 12.0. The van der Waals surface area contributed by atoms with Crippen molar-refractivity contribution in [3.8, 4) is 0 Å². The molecule has 31 heavy (non-hydrogen) atoms. The van der Waals surface area contributed by atoms with Crippen LogP contribution in [0.1, 0.15) is 40.7 Å². The lowest BCUT2D eigenvalue weighted by Crippen LogP contribution is -2.30. The maximum absolute atomic E-state index is 13.0. The Labute approximate surface area is 183 Å². The monoisotopic (exact) mass is 444 g/mol. The molecule has 0 amide bonds. The van der Waals surface area contributed by atoms with Crippen molar-refractivity contribution in [2.75, 3.05) is 19.8 Å². The molecular weight excluding hydrogens is 420 g/mol. The molecule has 0 aliphatic rings. The van der Waals surface area contributed by atoms with Gasteiger partial charge in [0, 0.05) is 6.61 Å².